The fraction of sp³-hybridized carbons (Fsp3) is 1.00. The summed E-state index contributed by atoms with van der Waals surface area (Å²) in [7, 11) is 0. The van der Waals surface area contributed by atoms with Crippen molar-refractivity contribution in [3.8, 4) is 0 Å². The molecule has 1 heteroatoms. The van der Waals surface area contributed by atoms with Gasteiger partial charge in [0.05, 0.1) is 6.10 Å². The van der Waals surface area contributed by atoms with Crippen LogP contribution in [0.25, 0.3) is 0 Å². The lowest BCUT2D eigenvalue weighted by atomic mass is 9.86. The maximum absolute atomic E-state index is 9.31. The molecule has 0 heterocycles. The van der Waals surface area contributed by atoms with Crippen LogP contribution in [0.3, 0.4) is 0 Å². The second kappa shape index (κ2) is 4.73. The van der Waals surface area contributed by atoms with Crippen LogP contribution in [0, 0.1) is 11.8 Å². The summed E-state index contributed by atoms with van der Waals surface area (Å²) < 4.78 is 0. The van der Waals surface area contributed by atoms with Gasteiger partial charge >= 0.3 is 0 Å². The fourth-order valence-corrected chi connectivity index (χ4v) is 1.52. The van der Waals surface area contributed by atoms with Gasteiger partial charge in [0.1, 0.15) is 0 Å². The molecule has 3 unspecified atom stereocenters. The van der Waals surface area contributed by atoms with Crippen LogP contribution in [0.1, 0.15) is 40.5 Å². The van der Waals surface area contributed by atoms with Crippen molar-refractivity contribution in [2.45, 2.75) is 46.6 Å². The van der Waals surface area contributed by atoms with Crippen LogP contribution in [0.4, 0.5) is 0 Å². The van der Waals surface area contributed by atoms with E-state index >= 15 is 0 Å². The van der Waals surface area contributed by atoms with Crippen molar-refractivity contribution in [3.63, 3.8) is 0 Å². The Hall–Kier alpha value is -0.0400. The summed E-state index contributed by atoms with van der Waals surface area (Å²) in [5, 5.41) is 9.31. The van der Waals surface area contributed by atoms with Crippen molar-refractivity contribution in [1.82, 2.24) is 0 Å². The Morgan fingerprint density at radius 3 is 1.70 bits per heavy atom. The summed E-state index contributed by atoms with van der Waals surface area (Å²) in [4.78, 5) is 0. The number of hydrogen-bond acceptors (Lipinski definition) is 1. The maximum atomic E-state index is 9.31. The van der Waals surface area contributed by atoms with E-state index in [1.54, 1.807) is 0 Å². The standard InChI is InChI=1S/C9H20O/c1-5-7(3)9(6-2)8(4)10/h7-10H,5-6H2,1-4H3. The molecule has 0 rings (SSSR count). The zero-order chi connectivity index (χ0) is 8.15. The van der Waals surface area contributed by atoms with Gasteiger partial charge in [-0.25, -0.2) is 0 Å². The van der Waals surface area contributed by atoms with Gasteiger partial charge in [0.25, 0.3) is 0 Å². The number of aliphatic hydroxyl groups excluding tert-OH is 1. The molecule has 0 saturated heterocycles. The van der Waals surface area contributed by atoms with Crippen molar-refractivity contribution in [2.75, 3.05) is 0 Å². The van der Waals surface area contributed by atoms with E-state index in [2.05, 4.69) is 20.8 Å². The molecule has 0 aromatic heterocycles. The molecule has 1 nitrogen and oxygen atoms in total. The van der Waals surface area contributed by atoms with Crippen molar-refractivity contribution < 1.29 is 5.11 Å². The minimum atomic E-state index is -0.139. The van der Waals surface area contributed by atoms with Gasteiger partial charge in [-0.1, -0.05) is 33.6 Å². The van der Waals surface area contributed by atoms with E-state index in [-0.39, 0.29) is 6.10 Å². The van der Waals surface area contributed by atoms with E-state index in [9.17, 15) is 5.11 Å². The van der Waals surface area contributed by atoms with Crippen molar-refractivity contribution >= 4 is 0 Å². The van der Waals surface area contributed by atoms with Crippen molar-refractivity contribution in [2.24, 2.45) is 11.8 Å². The smallest absolute Gasteiger partial charge is 0.0542 e. The van der Waals surface area contributed by atoms with Gasteiger partial charge < -0.3 is 5.11 Å². The minimum absolute atomic E-state index is 0.139. The molecule has 0 fully saturated rings. The topological polar surface area (TPSA) is 20.2 Å². The summed E-state index contributed by atoms with van der Waals surface area (Å²) in [6.07, 6.45) is 2.12. The third-order valence-electron chi connectivity index (χ3n) is 2.47. The van der Waals surface area contributed by atoms with E-state index in [4.69, 9.17) is 0 Å². The Kier molecular flexibility index (Phi) is 4.71. The molecule has 10 heavy (non-hydrogen) atoms. The van der Waals surface area contributed by atoms with Crippen molar-refractivity contribution in [3.05, 3.63) is 0 Å². The second-order valence-corrected chi connectivity index (χ2v) is 3.20. The quantitative estimate of drug-likeness (QED) is 0.642. The van der Waals surface area contributed by atoms with Gasteiger partial charge in [-0.3, -0.25) is 0 Å². The second-order valence-electron chi connectivity index (χ2n) is 3.20. The van der Waals surface area contributed by atoms with Gasteiger partial charge in [0.2, 0.25) is 0 Å². The number of hydrogen-bond donors (Lipinski definition) is 1. The predicted molar refractivity (Wildman–Crippen MR) is 44.9 cm³/mol. The van der Waals surface area contributed by atoms with Gasteiger partial charge in [0, 0.05) is 0 Å². The monoisotopic (exact) mass is 144 g/mol. The Morgan fingerprint density at radius 2 is 1.60 bits per heavy atom. The van der Waals surface area contributed by atoms with Crippen LogP contribution >= 0.6 is 0 Å². The number of aliphatic hydroxyl groups is 1. The first kappa shape index (κ1) is 9.96. The van der Waals surface area contributed by atoms with E-state index in [1.807, 2.05) is 6.92 Å². The van der Waals surface area contributed by atoms with Crippen LogP contribution in [0.5, 0.6) is 0 Å². The third-order valence-corrected chi connectivity index (χ3v) is 2.47. The molecule has 0 aromatic rings. The summed E-state index contributed by atoms with van der Waals surface area (Å²) in [5.41, 5.74) is 0. The van der Waals surface area contributed by atoms with Crippen LogP contribution in [0.15, 0.2) is 0 Å². The molecule has 0 saturated carbocycles. The summed E-state index contributed by atoms with van der Waals surface area (Å²) in [6, 6.07) is 0. The molecule has 0 radical (unpaired) electrons. The van der Waals surface area contributed by atoms with Crippen LogP contribution < -0.4 is 0 Å². The fourth-order valence-electron chi connectivity index (χ4n) is 1.52. The predicted octanol–water partition coefficient (Wildman–Crippen LogP) is 2.44. The molecule has 0 amide bonds. The van der Waals surface area contributed by atoms with E-state index < -0.39 is 0 Å². The summed E-state index contributed by atoms with van der Waals surface area (Å²) in [5.74, 6) is 1.15. The zero-order valence-electron chi connectivity index (χ0n) is 7.59. The molecule has 0 aromatic carbocycles. The Balaban J connectivity index is 3.80. The Labute approximate surface area is 64.5 Å². The molecule has 62 valence electrons. The lowest BCUT2D eigenvalue weighted by Gasteiger charge is -2.23. The average molecular weight is 144 g/mol. The maximum Gasteiger partial charge on any atom is 0.0542 e. The Bertz CT molecular complexity index is 78.8. The average Bonchev–Trinajstić information content (AvgIpc) is 1.88. The highest BCUT2D eigenvalue weighted by molar-refractivity contribution is 4.68. The molecule has 3 atom stereocenters. The largest absolute Gasteiger partial charge is 0.393 e. The Morgan fingerprint density at radius 1 is 1.10 bits per heavy atom. The summed E-state index contributed by atoms with van der Waals surface area (Å²) in [6.45, 7) is 8.42. The number of rotatable bonds is 4. The third kappa shape index (κ3) is 2.70. The van der Waals surface area contributed by atoms with E-state index in [1.165, 1.54) is 6.42 Å². The molecule has 0 spiro atoms. The minimum Gasteiger partial charge on any atom is -0.393 e. The zero-order valence-corrected chi connectivity index (χ0v) is 7.59. The summed E-state index contributed by atoms with van der Waals surface area (Å²) >= 11 is 0. The lowest BCUT2D eigenvalue weighted by molar-refractivity contribution is 0.0886. The molecule has 0 aliphatic heterocycles. The van der Waals surface area contributed by atoms with Gasteiger partial charge in [0.15, 0.2) is 0 Å². The first-order valence-corrected chi connectivity index (χ1v) is 4.31. The van der Waals surface area contributed by atoms with Crippen LogP contribution in [-0.2, 0) is 0 Å². The van der Waals surface area contributed by atoms with E-state index in [0.29, 0.717) is 11.8 Å². The lowest BCUT2D eigenvalue weighted by Crippen LogP contribution is -2.22. The normalized spacial score (nSPS) is 20.1. The molecule has 0 aliphatic carbocycles. The van der Waals surface area contributed by atoms with Crippen molar-refractivity contribution in [1.29, 1.82) is 0 Å². The first-order chi connectivity index (χ1) is 4.63. The van der Waals surface area contributed by atoms with Crippen LogP contribution in [-0.4, -0.2) is 11.2 Å². The van der Waals surface area contributed by atoms with Crippen LogP contribution in [0.2, 0.25) is 0 Å². The SMILES string of the molecule is CCC(C)C(CC)C(C)O. The highest BCUT2D eigenvalue weighted by atomic mass is 16.3. The molecular weight excluding hydrogens is 124 g/mol. The first-order valence-electron chi connectivity index (χ1n) is 4.31. The molecule has 0 bridgehead atoms. The molecule has 1 N–H and O–H groups in total. The highest BCUT2D eigenvalue weighted by Gasteiger charge is 2.18. The highest BCUT2D eigenvalue weighted by Crippen LogP contribution is 2.21. The molecule has 0 aliphatic rings. The van der Waals surface area contributed by atoms with Gasteiger partial charge in [-0.05, 0) is 18.8 Å². The molecular formula is C9H20O. The van der Waals surface area contributed by atoms with Gasteiger partial charge in [-0.2, -0.15) is 0 Å². The van der Waals surface area contributed by atoms with E-state index in [0.717, 1.165) is 6.42 Å². The van der Waals surface area contributed by atoms with Gasteiger partial charge in [-0.15, -0.1) is 0 Å².